The first-order valence-electron chi connectivity index (χ1n) is 13.5. The molecule has 0 aliphatic heterocycles. The van der Waals surface area contributed by atoms with E-state index in [4.69, 9.17) is 31.0 Å². The average Bonchev–Trinajstić information content (AvgIpc) is 3.24. The van der Waals surface area contributed by atoms with E-state index >= 15 is 0 Å². The summed E-state index contributed by atoms with van der Waals surface area (Å²) in [6.45, 7) is 11.0. The molecule has 7 nitrogen and oxygen atoms in total. The number of allylic oxidation sites excluding steroid dienone is 1. The van der Waals surface area contributed by atoms with Gasteiger partial charge in [0.25, 0.3) is 0 Å². The number of hydrogen-bond acceptors (Lipinski definition) is 7. The molecule has 2 heterocycles. The van der Waals surface area contributed by atoms with Crippen molar-refractivity contribution < 1.29 is 14.3 Å². The molecule has 39 heavy (non-hydrogen) atoms. The number of benzene rings is 1. The SMILES string of the molecule is CC/C=C\CCOc1cc(CCc2nc(C)c(CC)s2)nc(NCc2cc(Cl)cc(NC(=O)OC(C)C)c2)c1. The number of carbonyl (C=O) groups excluding carboxylic acids is 1. The van der Waals surface area contributed by atoms with Gasteiger partial charge in [-0.2, -0.15) is 0 Å². The van der Waals surface area contributed by atoms with E-state index in [2.05, 4.69) is 43.6 Å². The Morgan fingerprint density at radius 1 is 1.10 bits per heavy atom. The molecular weight excluding hydrogens is 532 g/mol. The number of rotatable bonds is 14. The smallest absolute Gasteiger partial charge is 0.411 e. The van der Waals surface area contributed by atoms with Gasteiger partial charge < -0.3 is 14.8 Å². The normalized spacial score (nSPS) is 11.3. The van der Waals surface area contributed by atoms with Crippen molar-refractivity contribution in [1.82, 2.24) is 9.97 Å². The summed E-state index contributed by atoms with van der Waals surface area (Å²) in [5, 5.41) is 7.77. The zero-order valence-electron chi connectivity index (χ0n) is 23.5. The number of halogens is 1. The molecule has 0 saturated carbocycles. The fourth-order valence-electron chi connectivity index (χ4n) is 3.93. The Kier molecular flexibility index (Phi) is 12.1. The topological polar surface area (TPSA) is 85.4 Å². The molecule has 0 saturated heterocycles. The molecule has 9 heteroatoms. The van der Waals surface area contributed by atoms with Crippen LogP contribution in [0, 0.1) is 6.92 Å². The molecule has 1 aromatic carbocycles. The van der Waals surface area contributed by atoms with Crippen molar-refractivity contribution in [2.24, 2.45) is 0 Å². The van der Waals surface area contributed by atoms with Crippen LogP contribution in [0.3, 0.4) is 0 Å². The van der Waals surface area contributed by atoms with Crippen molar-refractivity contribution in [3.63, 3.8) is 0 Å². The van der Waals surface area contributed by atoms with Gasteiger partial charge >= 0.3 is 6.09 Å². The molecular formula is C30H39ClN4O3S. The van der Waals surface area contributed by atoms with E-state index in [9.17, 15) is 4.79 Å². The third kappa shape index (κ3) is 10.5. The lowest BCUT2D eigenvalue weighted by atomic mass is 10.2. The van der Waals surface area contributed by atoms with Gasteiger partial charge in [-0.3, -0.25) is 5.32 Å². The highest BCUT2D eigenvalue weighted by atomic mass is 35.5. The summed E-state index contributed by atoms with van der Waals surface area (Å²) in [5.74, 6) is 1.49. The van der Waals surface area contributed by atoms with E-state index < -0.39 is 6.09 Å². The van der Waals surface area contributed by atoms with Gasteiger partial charge in [0.2, 0.25) is 0 Å². The van der Waals surface area contributed by atoms with Crippen molar-refractivity contribution in [3.8, 4) is 5.75 Å². The third-order valence-corrected chi connectivity index (χ3v) is 7.26. The summed E-state index contributed by atoms with van der Waals surface area (Å²) >= 11 is 8.10. The minimum Gasteiger partial charge on any atom is -0.493 e. The zero-order valence-corrected chi connectivity index (χ0v) is 25.0. The molecule has 2 N–H and O–H groups in total. The van der Waals surface area contributed by atoms with Crippen LogP contribution in [0.2, 0.25) is 5.02 Å². The molecule has 0 bridgehead atoms. The second-order valence-electron chi connectivity index (χ2n) is 9.45. The molecule has 0 radical (unpaired) electrons. The number of thiazole rings is 1. The van der Waals surface area contributed by atoms with Crippen LogP contribution in [0.15, 0.2) is 42.5 Å². The Labute approximate surface area is 241 Å². The third-order valence-electron chi connectivity index (χ3n) is 5.68. The van der Waals surface area contributed by atoms with Gasteiger partial charge in [-0.1, -0.05) is 37.6 Å². The first kappa shape index (κ1) is 30.4. The summed E-state index contributed by atoms with van der Waals surface area (Å²) in [5.41, 5.74) is 3.53. The number of ether oxygens (including phenoxy) is 2. The lowest BCUT2D eigenvalue weighted by molar-refractivity contribution is 0.130. The number of carbonyl (C=O) groups is 1. The van der Waals surface area contributed by atoms with Crippen LogP contribution in [0.1, 0.15) is 67.4 Å². The van der Waals surface area contributed by atoms with Crippen LogP contribution >= 0.6 is 22.9 Å². The minimum absolute atomic E-state index is 0.212. The van der Waals surface area contributed by atoms with Crippen LogP contribution < -0.4 is 15.4 Å². The second-order valence-corrected chi connectivity index (χ2v) is 11.1. The fourth-order valence-corrected chi connectivity index (χ4v) is 5.19. The number of aryl methyl sites for hydroxylation is 4. The Balaban J connectivity index is 1.72. The molecule has 1 amide bonds. The Morgan fingerprint density at radius 3 is 2.64 bits per heavy atom. The summed E-state index contributed by atoms with van der Waals surface area (Å²) in [6, 6.07) is 9.33. The van der Waals surface area contributed by atoms with E-state index in [1.807, 2.05) is 24.3 Å². The van der Waals surface area contributed by atoms with E-state index in [0.717, 1.165) is 59.8 Å². The van der Waals surface area contributed by atoms with Crippen LogP contribution in [0.4, 0.5) is 16.3 Å². The van der Waals surface area contributed by atoms with Crippen molar-refractivity contribution in [2.45, 2.75) is 79.4 Å². The van der Waals surface area contributed by atoms with Gasteiger partial charge in [-0.25, -0.2) is 14.8 Å². The molecule has 0 atom stereocenters. The number of hydrogen-bond donors (Lipinski definition) is 2. The average molecular weight is 571 g/mol. The molecule has 3 rings (SSSR count). The number of nitrogens with zero attached hydrogens (tertiary/aromatic N) is 2. The predicted molar refractivity (Wildman–Crippen MR) is 161 cm³/mol. The molecule has 0 unspecified atom stereocenters. The van der Waals surface area contributed by atoms with Crippen LogP contribution in [0.25, 0.3) is 0 Å². The van der Waals surface area contributed by atoms with E-state index in [1.165, 1.54) is 4.88 Å². The van der Waals surface area contributed by atoms with Crippen molar-refractivity contribution >= 4 is 40.5 Å². The molecule has 210 valence electrons. The summed E-state index contributed by atoms with van der Waals surface area (Å²) < 4.78 is 11.2. The van der Waals surface area contributed by atoms with Crippen molar-refractivity contribution in [1.29, 1.82) is 0 Å². The summed E-state index contributed by atoms with van der Waals surface area (Å²) in [6.07, 6.45) is 8.02. The summed E-state index contributed by atoms with van der Waals surface area (Å²) in [4.78, 5) is 22.9. The highest BCUT2D eigenvalue weighted by Crippen LogP contribution is 2.24. The monoisotopic (exact) mass is 570 g/mol. The van der Waals surface area contributed by atoms with Crippen molar-refractivity contribution in [2.75, 3.05) is 17.2 Å². The quantitative estimate of drug-likeness (QED) is 0.150. The Hall–Kier alpha value is -3.10. The second kappa shape index (κ2) is 15.5. The number of anilines is 2. The lowest BCUT2D eigenvalue weighted by Crippen LogP contribution is -2.18. The maximum Gasteiger partial charge on any atom is 0.411 e. The first-order chi connectivity index (χ1) is 18.7. The van der Waals surface area contributed by atoms with E-state index in [-0.39, 0.29) is 6.10 Å². The lowest BCUT2D eigenvalue weighted by Gasteiger charge is -2.13. The summed E-state index contributed by atoms with van der Waals surface area (Å²) in [7, 11) is 0. The molecule has 0 aliphatic carbocycles. The maximum absolute atomic E-state index is 12.0. The minimum atomic E-state index is -0.516. The van der Waals surface area contributed by atoms with E-state index in [0.29, 0.717) is 29.7 Å². The molecule has 3 aromatic rings. The first-order valence-corrected chi connectivity index (χ1v) is 14.7. The van der Waals surface area contributed by atoms with Gasteiger partial charge in [-0.05, 0) is 70.2 Å². The van der Waals surface area contributed by atoms with Gasteiger partial charge in [0.15, 0.2) is 0 Å². The molecule has 0 aliphatic rings. The number of amides is 1. The predicted octanol–water partition coefficient (Wildman–Crippen LogP) is 8.15. The number of nitrogens with one attached hydrogen (secondary N) is 2. The standard InChI is InChI=1S/C30H39ClN4O3S/c1-6-8-9-10-13-37-26-17-24(11-12-29-33-21(5)27(7-2)39-29)34-28(18-26)32-19-22-14-23(31)16-25(15-22)35-30(36)38-20(3)4/h8-9,14-18,20H,6-7,10-13,19H2,1-5H3,(H,32,34)(H,35,36)/b9-8-. The number of aromatic nitrogens is 2. The highest BCUT2D eigenvalue weighted by molar-refractivity contribution is 7.11. The van der Waals surface area contributed by atoms with Gasteiger partial charge in [0.1, 0.15) is 11.6 Å². The van der Waals surface area contributed by atoms with Crippen molar-refractivity contribution in [3.05, 3.63) is 74.3 Å². The molecule has 0 spiro atoms. The largest absolute Gasteiger partial charge is 0.493 e. The van der Waals surface area contributed by atoms with Crippen LogP contribution in [0.5, 0.6) is 5.75 Å². The van der Waals surface area contributed by atoms with E-state index in [1.54, 1.807) is 31.3 Å². The highest BCUT2D eigenvalue weighted by Gasteiger charge is 2.11. The Morgan fingerprint density at radius 2 is 1.92 bits per heavy atom. The van der Waals surface area contributed by atoms with Gasteiger partial charge in [-0.15, -0.1) is 11.3 Å². The molecule has 2 aromatic heterocycles. The fraction of sp³-hybridized carbons (Fsp3) is 0.433. The molecule has 0 fully saturated rings. The zero-order chi connectivity index (χ0) is 28.2. The maximum atomic E-state index is 12.0. The Bertz CT molecular complexity index is 1260. The van der Waals surface area contributed by atoms with Gasteiger partial charge in [0.05, 0.1) is 23.4 Å². The van der Waals surface area contributed by atoms with Crippen LogP contribution in [-0.4, -0.2) is 28.8 Å². The number of pyridine rings is 1. The van der Waals surface area contributed by atoms with Crippen LogP contribution in [-0.2, 0) is 30.5 Å². The van der Waals surface area contributed by atoms with Gasteiger partial charge in [0, 0.05) is 46.4 Å².